The second kappa shape index (κ2) is 5.85. The maximum atomic E-state index is 9.21. The van der Waals surface area contributed by atoms with Gasteiger partial charge in [-0.3, -0.25) is 4.68 Å². The molecule has 1 atom stereocenters. The molecule has 18 heavy (non-hydrogen) atoms. The molecule has 1 unspecified atom stereocenters. The summed E-state index contributed by atoms with van der Waals surface area (Å²) >= 11 is 0. The van der Waals surface area contributed by atoms with Crippen LogP contribution in [0, 0.1) is 13.8 Å². The van der Waals surface area contributed by atoms with Crippen molar-refractivity contribution in [3.63, 3.8) is 0 Å². The third-order valence-electron chi connectivity index (χ3n) is 3.12. The summed E-state index contributed by atoms with van der Waals surface area (Å²) in [5, 5.41) is 17.2. The van der Waals surface area contributed by atoms with E-state index >= 15 is 0 Å². The molecule has 0 saturated heterocycles. The first kappa shape index (κ1) is 15.2. The Balaban J connectivity index is 2.69. The van der Waals surface area contributed by atoms with Crippen molar-refractivity contribution in [1.29, 1.82) is 0 Å². The van der Waals surface area contributed by atoms with Crippen LogP contribution in [0.5, 0.6) is 0 Å². The van der Waals surface area contributed by atoms with E-state index in [1.165, 1.54) is 11.3 Å². The van der Waals surface area contributed by atoms with Gasteiger partial charge in [0.2, 0.25) is 0 Å². The molecule has 0 saturated carbocycles. The Morgan fingerprint density at radius 1 is 1.33 bits per heavy atom. The van der Waals surface area contributed by atoms with Gasteiger partial charge in [-0.1, -0.05) is 0 Å². The summed E-state index contributed by atoms with van der Waals surface area (Å²) in [5.74, 6) is 0. The first-order chi connectivity index (χ1) is 8.23. The van der Waals surface area contributed by atoms with Crippen molar-refractivity contribution in [2.45, 2.75) is 66.2 Å². The van der Waals surface area contributed by atoms with Gasteiger partial charge < -0.3 is 10.4 Å². The molecule has 4 heteroatoms. The van der Waals surface area contributed by atoms with E-state index in [1.54, 1.807) is 0 Å². The Bertz CT molecular complexity index is 388. The van der Waals surface area contributed by atoms with Crippen molar-refractivity contribution >= 4 is 0 Å². The molecular weight excluding hydrogens is 226 g/mol. The van der Waals surface area contributed by atoms with Gasteiger partial charge in [0.25, 0.3) is 0 Å². The molecule has 1 heterocycles. The molecular formula is C14H27N3O. The molecule has 0 amide bonds. The van der Waals surface area contributed by atoms with Crippen molar-refractivity contribution in [3.05, 3.63) is 17.0 Å². The summed E-state index contributed by atoms with van der Waals surface area (Å²) in [6.45, 7) is 14.1. The molecule has 4 nitrogen and oxygen atoms in total. The normalized spacial score (nSPS) is 13.9. The molecule has 1 rings (SSSR count). The molecule has 0 bridgehead atoms. The van der Waals surface area contributed by atoms with Crippen LogP contribution >= 0.6 is 0 Å². The van der Waals surface area contributed by atoms with Gasteiger partial charge >= 0.3 is 0 Å². The van der Waals surface area contributed by atoms with E-state index in [2.05, 4.69) is 49.7 Å². The quantitative estimate of drug-likeness (QED) is 0.790. The SMILES string of the molecule is Cc1nn(C(C)(C)C)c(C)c1CNCCC(C)O. The number of hydrogen-bond acceptors (Lipinski definition) is 3. The van der Waals surface area contributed by atoms with Gasteiger partial charge in [-0.05, 0) is 54.5 Å². The predicted octanol–water partition coefficient (Wildman–Crippen LogP) is 2.12. The van der Waals surface area contributed by atoms with Crippen molar-refractivity contribution in [2.75, 3.05) is 6.54 Å². The zero-order chi connectivity index (χ0) is 13.9. The lowest BCUT2D eigenvalue weighted by Gasteiger charge is -2.21. The minimum atomic E-state index is -0.239. The minimum absolute atomic E-state index is 0.0205. The van der Waals surface area contributed by atoms with Crippen molar-refractivity contribution in [1.82, 2.24) is 15.1 Å². The summed E-state index contributed by atoms with van der Waals surface area (Å²) in [4.78, 5) is 0. The van der Waals surface area contributed by atoms with E-state index in [0.29, 0.717) is 0 Å². The molecule has 1 aromatic rings. The van der Waals surface area contributed by atoms with Crippen molar-refractivity contribution < 1.29 is 5.11 Å². The molecule has 0 aliphatic carbocycles. The van der Waals surface area contributed by atoms with Crippen LogP contribution in [0.4, 0.5) is 0 Å². The Morgan fingerprint density at radius 3 is 2.39 bits per heavy atom. The van der Waals surface area contributed by atoms with Crippen molar-refractivity contribution in [2.24, 2.45) is 0 Å². The molecule has 104 valence electrons. The highest BCUT2D eigenvalue weighted by molar-refractivity contribution is 5.25. The van der Waals surface area contributed by atoms with Gasteiger partial charge in [-0.15, -0.1) is 0 Å². The lowest BCUT2D eigenvalue weighted by atomic mass is 10.1. The maximum absolute atomic E-state index is 9.21. The zero-order valence-corrected chi connectivity index (χ0v) is 12.5. The maximum Gasteiger partial charge on any atom is 0.0641 e. The van der Waals surface area contributed by atoms with Gasteiger partial charge in [0.05, 0.1) is 17.3 Å². The summed E-state index contributed by atoms with van der Waals surface area (Å²) in [6, 6.07) is 0. The topological polar surface area (TPSA) is 50.1 Å². The van der Waals surface area contributed by atoms with Crippen LogP contribution in [0.1, 0.15) is 51.1 Å². The van der Waals surface area contributed by atoms with Crippen LogP contribution in [0.3, 0.4) is 0 Å². The van der Waals surface area contributed by atoms with Gasteiger partial charge in [0, 0.05) is 17.8 Å². The van der Waals surface area contributed by atoms with Crippen LogP contribution in [0.25, 0.3) is 0 Å². The van der Waals surface area contributed by atoms with E-state index in [0.717, 1.165) is 25.2 Å². The fourth-order valence-electron chi connectivity index (χ4n) is 2.11. The third-order valence-corrected chi connectivity index (χ3v) is 3.12. The summed E-state index contributed by atoms with van der Waals surface area (Å²) in [5.41, 5.74) is 3.61. The fourth-order valence-corrected chi connectivity index (χ4v) is 2.11. The van der Waals surface area contributed by atoms with Gasteiger partial charge in [0.1, 0.15) is 0 Å². The van der Waals surface area contributed by atoms with Crippen LogP contribution < -0.4 is 5.32 Å². The van der Waals surface area contributed by atoms with E-state index in [9.17, 15) is 5.11 Å². The zero-order valence-electron chi connectivity index (χ0n) is 12.5. The molecule has 0 radical (unpaired) electrons. The highest BCUT2D eigenvalue weighted by Gasteiger charge is 2.20. The number of aromatic nitrogens is 2. The highest BCUT2D eigenvalue weighted by atomic mass is 16.3. The van der Waals surface area contributed by atoms with E-state index < -0.39 is 0 Å². The molecule has 1 aromatic heterocycles. The number of nitrogens with one attached hydrogen (secondary N) is 1. The molecule has 2 N–H and O–H groups in total. The smallest absolute Gasteiger partial charge is 0.0641 e. The Hall–Kier alpha value is -0.870. The van der Waals surface area contributed by atoms with E-state index in [-0.39, 0.29) is 11.6 Å². The van der Waals surface area contributed by atoms with Crippen LogP contribution in [0.15, 0.2) is 0 Å². The summed E-state index contributed by atoms with van der Waals surface area (Å²) in [6.07, 6.45) is 0.544. The Morgan fingerprint density at radius 2 is 1.94 bits per heavy atom. The largest absolute Gasteiger partial charge is 0.393 e. The third kappa shape index (κ3) is 3.82. The number of rotatable bonds is 5. The number of nitrogens with zero attached hydrogens (tertiary/aromatic N) is 2. The standard InChI is InChI=1S/C14H27N3O/c1-10(18)7-8-15-9-13-11(2)16-17(12(13)3)14(4,5)6/h10,15,18H,7-9H2,1-6H3. The second-order valence-corrected chi connectivity index (χ2v) is 6.05. The number of aliphatic hydroxyl groups excluding tert-OH is 1. The molecule has 0 spiro atoms. The van der Waals surface area contributed by atoms with Gasteiger partial charge in [0.15, 0.2) is 0 Å². The lowest BCUT2D eigenvalue weighted by Crippen LogP contribution is -2.25. The molecule has 0 aromatic carbocycles. The minimum Gasteiger partial charge on any atom is -0.393 e. The first-order valence-corrected chi connectivity index (χ1v) is 6.68. The van der Waals surface area contributed by atoms with Gasteiger partial charge in [-0.25, -0.2) is 0 Å². The first-order valence-electron chi connectivity index (χ1n) is 6.68. The van der Waals surface area contributed by atoms with E-state index in [1.807, 2.05) is 6.92 Å². The highest BCUT2D eigenvalue weighted by Crippen LogP contribution is 2.21. The van der Waals surface area contributed by atoms with Crippen LogP contribution in [-0.4, -0.2) is 27.5 Å². The average Bonchev–Trinajstić information content (AvgIpc) is 2.50. The number of aliphatic hydroxyl groups is 1. The number of hydrogen-bond donors (Lipinski definition) is 2. The summed E-state index contributed by atoms with van der Waals surface area (Å²) in [7, 11) is 0. The van der Waals surface area contributed by atoms with Crippen LogP contribution in [0.2, 0.25) is 0 Å². The predicted molar refractivity (Wildman–Crippen MR) is 74.7 cm³/mol. The lowest BCUT2D eigenvalue weighted by molar-refractivity contribution is 0.183. The van der Waals surface area contributed by atoms with Crippen molar-refractivity contribution in [3.8, 4) is 0 Å². The Kier molecular flexibility index (Phi) is 4.93. The van der Waals surface area contributed by atoms with E-state index in [4.69, 9.17) is 0 Å². The average molecular weight is 253 g/mol. The summed E-state index contributed by atoms with van der Waals surface area (Å²) < 4.78 is 2.09. The second-order valence-electron chi connectivity index (χ2n) is 6.05. The molecule has 0 aliphatic rings. The molecule has 0 aliphatic heterocycles. The van der Waals surface area contributed by atoms with Gasteiger partial charge in [-0.2, -0.15) is 5.10 Å². The fraction of sp³-hybridized carbons (Fsp3) is 0.786. The Labute approximate surface area is 110 Å². The monoisotopic (exact) mass is 253 g/mol. The number of aryl methyl sites for hydroxylation is 1. The van der Waals surface area contributed by atoms with Crippen LogP contribution in [-0.2, 0) is 12.1 Å². The molecule has 0 fully saturated rings.